The zero-order valence-corrected chi connectivity index (χ0v) is 15.9. The molecule has 1 saturated heterocycles. The Hall–Kier alpha value is -3.19. The summed E-state index contributed by atoms with van der Waals surface area (Å²) in [6.45, 7) is 1.93. The SMILES string of the molecule is CNC1CCN(c2ccc(NC(=O)c3ccc(-c4c(F)cccc4F)o3)cc2)C1. The van der Waals surface area contributed by atoms with E-state index in [1.165, 1.54) is 18.2 Å². The molecule has 2 N–H and O–H groups in total. The number of carbonyl (C=O) groups excluding carboxylic acids is 1. The van der Waals surface area contributed by atoms with Crippen molar-refractivity contribution >= 4 is 17.3 Å². The number of halogens is 2. The van der Waals surface area contributed by atoms with Crippen molar-refractivity contribution < 1.29 is 18.0 Å². The minimum absolute atomic E-state index is 0.0249. The maximum Gasteiger partial charge on any atom is 0.291 e. The molecule has 4 rings (SSSR count). The number of carbonyl (C=O) groups is 1. The van der Waals surface area contributed by atoms with Gasteiger partial charge >= 0.3 is 0 Å². The number of furan rings is 1. The molecule has 1 fully saturated rings. The van der Waals surface area contributed by atoms with Crippen molar-refractivity contribution in [1.82, 2.24) is 5.32 Å². The van der Waals surface area contributed by atoms with E-state index in [4.69, 9.17) is 4.42 Å². The maximum absolute atomic E-state index is 13.9. The summed E-state index contributed by atoms with van der Waals surface area (Å²) in [4.78, 5) is 14.7. The van der Waals surface area contributed by atoms with Crippen molar-refractivity contribution in [3.05, 3.63) is 72.0 Å². The van der Waals surface area contributed by atoms with Crippen molar-refractivity contribution in [1.29, 1.82) is 0 Å². The summed E-state index contributed by atoms with van der Waals surface area (Å²) in [6, 6.07) is 14.4. The molecule has 0 saturated carbocycles. The van der Waals surface area contributed by atoms with Gasteiger partial charge in [-0.05, 0) is 62.0 Å². The molecule has 1 aromatic heterocycles. The van der Waals surface area contributed by atoms with Crippen molar-refractivity contribution in [2.75, 3.05) is 30.4 Å². The zero-order chi connectivity index (χ0) is 20.4. The molecule has 2 heterocycles. The second-order valence-corrected chi connectivity index (χ2v) is 6.98. The Kier molecular flexibility index (Phi) is 5.31. The number of rotatable bonds is 5. The third-order valence-electron chi connectivity index (χ3n) is 5.13. The third kappa shape index (κ3) is 4.00. The van der Waals surface area contributed by atoms with Crippen molar-refractivity contribution in [3.8, 4) is 11.3 Å². The number of hydrogen-bond acceptors (Lipinski definition) is 4. The van der Waals surface area contributed by atoms with Crippen LogP contribution in [0.15, 0.2) is 59.0 Å². The van der Waals surface area contributed by atoms with Crippen LogP contribution in [0, 0.1) is 11.6 Å². The molecule has 1 amide bonds. The number of hydrogen-bond donors (Lipinski definition) is 2. The number of nitrogens with one attached hydrogen (secondary N) is 2. The van der Waals surface area contributed by atoms with Gasteiger partial charge in [0.2, 0.25) is 0 Å². The van der Waals surface area contributed by atoms with E-state index >= 15 is 0 Å². The van der Waals surface area contributed by atoms with Gasteiger partial charge in [0, 0.05) is 30.5 Å². The van der Waals surface area contributed by atoms with Crippen LogP contribution in [0.1, 0.15) is 17.0 Å². The largest absolute Gasteiger partial charge is 0.451 e. The normalized spacial score (nSPS) is 16.2. The Morgan fingerprint density at radius 1 is 1.07 bits per heavy atom. The predicted molar refractivity (Wildman–Crippen MR) is 108 cm³/mol. The van der Waals surface area contributed by atoms with Crippen LogP contribution < -0.4 is 15.5 Å². The summed E-state index contributed by atoms with van der Waals surface area (Å²) < 4.78 is 33.2. The standard InChI is InChI=1S/C22H21F2N3O2/c1-25-15-11-12-27(13-15)16-7-5-14(6-8-16)26-22(28)20-10-9-19(29-20)21-17(23)3-2-4-18(21)24/h2-10,15,25H,11-13H2,1H3,(H,26,28). The van der Waals surface area contributed by atoms with Crippen LogP contribution in [0.4, 0.5) is 20.2 Å². The van der Waals surface area contributed by atoms with Crippen molar-refractivity contribution in [3.63, 3.8) is 0 Å². The average molecular weight is 397 g/mol. The molecule has 3 aromatic rings. The molecule has 1 aliphatic heterocycles. The van der Waals surface area contributed by atoms with Crippen LogP contribution >= 0.6 is 0 Å². The number of anilines is 2. The second-order valence-electron chi connectivity index (χ2n) is 6.98. The van der Waals surface area contributed by atoms with Crippen LogP contribution in [0.2, 0.25) is 0 Å². The Labute approximate surface area is 167 Å². The molecule has 1 atom stereocenters. The van der Waals surface area contributed by atoms with E-state index in [0.29, 0.717) is 11.7 Å². The van der Waals surface area contributed by atoms with Gasteiger partial charge in [-0.1, -0.05) is 6.07 Å². The van der Waals surface area contributed by atoms with Gasteiger partial charge in [0.25, 0.3) is 5.91 Å². The molecule has 7 heteroatoms. The first-order chi connectivity index (χ1) is 14.0. The van der Waals surface area contributed by atoms with Gasteiger partial charge in [-0.25, -0.2) is 8.78 Å². The summed E-state index contributed by atoms with van der Waals surface area (Å²) in [5.74, 6) is -2.04. The molecule has 5 nitrogen and oxygen atoms in total. The lowest BCUT2D eigenvalue weighted by molar-refractivity contribution is 0.0997. The molecule has 29 heavy (non-hydrogen) atoms. The summed E-state index contributed by atoms with van der Waals surface area (Å²) in [5.41, 5.74) is 1.41. The minimum Gasteiger partial charge on any atom is -0.451 e. The van der Waals surface area contributed by atoms with Crippen molar-refractivity contribution in [2.24, 2.45) is 0 Å². The predicted octanol–water partition coefficient (Wildman–Crippen LogP) is 4.28. The van der Waals surface area contributed by atoms with Crippen LogP contribution in [0.5, 0.6) is 0 Å². The fraction of sp³-hybridized carbons (Fsp3) is 0.227. The van der Waals surface area contributed by atoms with Crippen LogP contribution in [-0.4, -0.2) is 32.1 Å². The molecule has 0 aliphatic carbocycles. The van der Waals surface area contributed by atoms with E-state index in [0.717, 1.165) is 37.3 Å². The van der Waals surface area contributed by atoms with Gasteiger partial charge in [-0.2, -0.15) is 0 Å². The third-order valence-corrected chi connectivity index (χ3v) is 5.13. The highest BCUT2D eigenvalue weighted by Crippen LogP contribution is 2.28. The van der Waals surface area contributed by atoms with E-state index in [9.17, 15) is 13.6 Å². The molecule has 1 aliphatic rings. The van der Waals surface area contributed by atoms with E-state index in [2.05, 4.69) is 15.5 Å². The Bertz CT molecular complexity index is 997. The fourth-order valence-electron chi connectivity index (χ4n) is 3.51. The highest BCUT2D eigenvalue weighted by molar-refractivity contribution is 6.02. The number of nitrogens with zero attached hydrogens (tertiary/aromatic N) is 1. The molecule has 0 radical (unpaired) electrons. The topological polar surface area (TPSA) is 57.5 Å². The lowest BCUT2D eigenvalue weighted by atomic mass is 10.1. The van der Waals surface area contributed by atoms with E-state index in [-0.39, 0.29) is 17.1 Å². The van der Waals surface area contributed by atoms with Crippen LogP contribution in [0.3, 0.4) is 0 Å². The van der Waals surface area contributed by atoms with E-state index < -0.39 is 17.5 Å². The van der Waals surface area contributed by atoms with Crippen LogP contribution in [-0.2, 0) is 0 Å². The summed E-state index contributed by atoms with van der Waals surface area (Å²) in [7, 11) is 1.97. The molecular weight excluding hydrogens is 376 g/mol. The van der Waals surface area contributed by atoms with Gasteiger partial charge in [0.05, 0.1) is 5.56 Å². The molecule has 2 aromatic carbocycles. The first-order valence-corrected chi connectivity index (χ1v) is 9.43. The van der Waals surface area contributed by atoms with Gasteiger partial charge in [-0.15, -0.1) is 0 Å². The second kappa shape index (κ2) is 8.05. The average Bonchev–Trinajstić information content (AvgIpc) is 3.38. The molecule has 0 bridgehead atoms. The zero-order valence-electron chi connectivity index (χ0n) is 15.9. The highest BCUT2D eigenvalue weighted by Gasteiger charge is 2.21. The Morgan fingerprint density at radius 3 is 2.45 bits per heavy atom. The molecule has 1 unspecified atom stereocenters. The number of benzene rings is 2. The summed E-state index contributed by atoms with van der Waals surface area (Å²) >= 11 is 0. The quantitative estimate of drug-likeness (QED) is 0.675. The lowest BCUT2D eigenvalue weighted by Crippen LogP contribution is -2.29. The summed E-state index contributed by atoms with van der Waals surface area (Å²) in [6.07, 6.45) is 1.10. The Balaban J connectivity index is 1.44. The van der Waals surface area contributed by atoms with Crippen LogP contribution in [0.25, 0.3) is 11.3 Å². The number of likely N-dealkylation sites (N-methyl/N-ethyl adjacent to an activating group) is 1. The Morgan fingerprint density at radius 2 is 1.79 bits per heavy atom. The smallest absolute Gasteiger partial charge is 0.291 e. The lowest BCUT2D eigenvalue weighted by Gasteiger charge is -2.19. The van der Waals surface area contributed by atoms with E-state index in [1.54, 1.807) is 0 Å². The van der Waals surface area contributed by atoms with Gasteiger partial charge in [0.1, 0.15) is 17.4 Å². The van der Waals surface area contributed by atoms with Gasteiger partial charge < -0.3 is 20.0 Å². The minimum atomic E-state index is -0.746. The van der Waals surface area contributed by atoms with Gasteiger partial charge in [-0.3, -0.25) is 4.79 Å². The first-order valence-electron chi connectivity index (χ1n) is 9.43. The molecule has 150 valence electrons. The highest BCUT2D eigenvalue weighted by atomic mass is 19.1. The number of amides is 1. The van der Waals surface area contributed by atoms with Gasteiger partial charge in [0.15, 0.2) is 5.76 Å². The molecule has 0 spiro atoms. The molecular formula is C22H21F2N3O2. The summed E-state index contributed by atoms with van der Waals surface area (Å²) in [5, 5.41) is 6.02. The first kappa shape index (κ1) is 19.1. The maximum atomic E-state index is 13.9. The van der Waals surface area contributed by atoms with Crippen molar-refractivity contribution in [2.45, 2.75) is 12.5 Å². The fourth-order valence-corrected chi connectivity index (χ4v) is 3.51. The monoisotopic (exact) mass is 397 g/mol. The van der Waals surface area contributed by atoms with E-state index in [1.807, 2.05) is 31.3 Å².